The zero-order valence-electron chi connectivity index (χ0n) is 11.9. The maximum atomic E-state index is 11.2. The summed E-state index contributed by atoms with van der Waals surface area (Å²) in [6.07, 6.45) is 1.15. The standard InChI is InChI=1S/C13H22O8/c14-11(15)3-1-2-4-13(18)21-10-9-20-8-7-19-6-5-12(16)17/h1-10H2,(H,14,15)(H,16,17). The van der Waals surface area contributed by atoms with Crippen molar-refractivity contribution < 1.29 is 38.8 Å². The zero-order chi connectivity index (χ0) is 15.9. The highest BCUT2D eigenvalue weighted by molar-refractivity contribution is 5.69. The van der Waals surface area contributed by atoms with Gasteiger partial charge in [-0.3, -0.25) is 14.4 Å². The number of hydrogen-bond donors (Lipinski definition) is 2. The molecule has 0 heterocycles. The number of carboxylic acid groups (broad SMARTS) is 2. The molecule has 122 valence electrons. The minimum atomic E-state index is -0.911. The summed E-state index contributed by atoms with van der Waals surface area (Å²) in [5.74, 6) is -2.16. The fourth-order valence-electron chi connectivity index (χ4n) is 1.31. The molecule has 0 saturated carbocycles. The van der Waals surface area contributed by atoms with Gasteiger partial charge < -0.3 is 24.4 Å². The zero-order valence-corrected chi connectivity index (χ0v) is 11.9. The topological polar surface area (TPSA) is 119 Å². The van der Waals surface area contributed by atoms with Crippen LogP contribution >= 0.6 is 0 Å². The number of ether oxygens (including phenoxy) is 3. The molecule has 0 amide bonds. The quantitative estimate of drug-likeness (QED) is 0.355. The van der Waals surface area contributed by atoms with Crippen LogP contribution in [0.1, 0.15) is 32.1 Å². The Hall–Kier alpha value is -1.67. The first-order valence-corrected chi connectivity index (χ1v) is 6.77. The van der Waals surface area contributed by atoms with Crippen LogP contribution in [0.4, 0.5) is 0 Å². The van der Waals surface area contributed by atoms with Crippen LogP contribution in [0.15, 0.2) is 0 Å². The molecule has 0 spiro atoms. The summed E-state index contributed by atoms with van der Waals surface area (Å²) >= 11 is 0. The molecular formula is C13H22O8. The van der Waals surface area contributed by atoms with Crippen molar-refractivity contribution in [2.75, 3.05) is 33.0 Å². The largest absolute Gasteiger partial charge is 0.481 e. The summed E-state index contributed by atoms with van der Waals surface area (Å²) in [4.78, 5) is 31.6. The third-order valence-electron chi connectivity index (χ3n) is 2.34. The summed E-state index contributed by atoms with van der Waals surface area (Å²) in [6, 6.07) is 0. The minimum Gasteiger partial charge on any atom is -0.481 e. The molecule has 0 atom stereocenters. The lowest BCUT2D eigenvalue weighted by Crippen LogP contribution is -2.13. The first-order valence-electron chi connectivity index (χ1n) is 6.77. The van der Waals surface area contributed by atoms with E-state index in [4.69, 9.17) is 24.4 Å². The minimum absolute atomic E-state index is 0.0422. The van der Waals surface area contributed by atoms with E-state index in [-0.39, 0.29) is 51.7 Å². The summed E-state index contributed by atoms with van der Waals surface area (Å²) in [6.45, 7) is 1.10. The van der Waals surface area contributed by atoms with Gasteiger partial charge in [-0.15, -0.1) is 0 Å². The van der Waals surface area contributed by atoms with Gasteiger partial charge in [-0.2, -0.15) is 0 Å². The van der Waals surface area contributed by atoms with Crippen molar-refractivity contribution >= 4 is 17.9 Å². The molecule has 0 aliphatic carbocycles. The molecule has 0 aromatic rings. The highest BCUT2D eigenvalue weighted by Gasteiger charge is 2.04. The van der Waals surface area contributed by atoms with Crippen LogP contribution < -0.4 is 0 Å². The van der Waals surface area contributed by atoms with E-state index in [1.54, 1.807) is 0 Å². The molecule has 2 N–H and O–H groups in total. The molecule has 0 aliphatic rings. The third kappa shape index (κ3) is 16.3. The highest BCUT2D eigenvalue weighted by atomic mass is 16.6. The van der Waals surface area contributed by atoms with Crippen molar-refractivity contribution in [3.8, 4) is 0 Å². The van der Waals surface area contributed by atoms with Gasteiger partial charge in [0.15, 0.2) is 0 Å². The van der Waals surface area contributed by atoms with E-state index >= 15 is 0 Å². The fourth-order valence-corrected chi connectivity index (χ4v) is 1.31. The van der Waals surface area contributed by atoms with Crippen LogP contribution in [0.2, 0.25) is 0 Å². The predicted octanol–water partition coefficient (Wildman–Crippen LogP) is 0.683. The Morgan fingerprint density at radius 3 is 1.81 bits per heavy atom. The second-order valence-electron chi connectivity index (χ2n) is 4.19. The van der Waals surface area contributed by atoms with E-state index in [0.717, 1.165) is 0 Å². The molecule has 0 fully saturated rings. The van der Waals surface area contributed by atoms with E-state index in [0.29, 0.717) is 19.4 Å². The molecule has 0 aromatic heterocycles. The first-order chi connectivity index (χ1) is 10.0. The van der Waals surface area contributed by atoms with Gasteiger partial charge >= 0.3 is 17.9 Å². The Bertz CT molecular complexity index is 315. The number of unbranched alkanes of at least 4 members (excludes halogenated alkanes) is 1. The normalized spacial score (nSPS) is 10.3. The number of carbonyl (C=O) groups is 3. The first kappa shape index (κ1) is 19.3. The van der Waals surface area contributed by atoms with Crippen LogP contribution in [0.5, 0.6) is 0 Å². The van der Waals surface area contributed by atoms with Gasteiger partial charge in [-0.25, -0.2) is 0 Å². The fraction of sp³-hybridized carbons (Fsp3) is 0.769. The van der Waals surface area contributed by atoms with E-state index in [1.165, 1.54) is 0 Å². The Labute approximate surface area is 123 Å². The van der Waals surface area contributed by atoms with Gasteiger partial charge in [-0.1, -0.05) is 0 Å². The summed E-state index contributed by atoms with van der Waals surface area (Å²) in [7, 11) is 0. The van der Waals surface area contributed by atoms with Crippen LogP contribution in [0.25, 0.3) is 0 Å². The number of aliphatic carboxylic acids is 2. The number of carbonyl (C=O) groups excluding carboxylic acids is 1. The van der Waals surface area contributed by atoms with Crippen LogP contribution in [0, 0.1) is 0 Å². The molecule has 8 nitrogen and oxygen atoms in total. The average Bonchev–Trinajstić information content (AvgIpc) is 2.41. The lowest BCUT2D eigenvalue weighted by atomic mass is 10.2. The second-order valence-corrected chi connectivity index (χ2v) is 4.19. The molecule has 21 heavy (non-hydrogen) atoms. The smallest absolute Gasteiger partial charge is 0.305 e. The molecule has 0 unspecified atom stereocenters. The van der Waals surface area contributed by atoms with E-state index < -0.39 is 11.9 Å². The van der Waals surface area contributed by atoms with Crippen molar-refractivity contribution in [2.24, 2.45) is 0 Å². The molecule has 8 heteroatoms. The number of carboxylic acids is 2. The third-order valence-corrected chi connectivity index (χ3v) is 2.34. The maximum Gasteiger partial charge on any atom is 0.305 e. The van der Waals surface area contributed by atoms with Crippen LogP contribution in [0.3, 0.4) is 0 Å². The van der Waals surface area contributed by atoms with Crippen molar-refractivity contribution in [3.63, 3.8) is 0 Å². The lowest BCUT2D eigenvalue weighted by molar-refractivity contribution is -0.146. The van der Waals surface area contributed by atoms with Crippen molar-refractivity contribution in [1.29, 1.82) is 0 Å². The van der Waals surface area contributed by atoms with Gasteiger partial charge in [0, 0.05) is 12.8 Å². The number of rotatable bonds is 14. The lowest BCUT2D eigenvalue weighted by Gasteiger charge is -2.06. The summed E-state index contributed by atoms with van der Waals surface area (Å²) in [5, 5.41) is 16.8. The van der Waals surface area contributed by atoms with E-state index in [2.05, 4.69) is 0 Å². The predicted molar refractivity (Wildman–Crippen MR) is 71.0 cm³/mol. The van der Waals surface area contributed by atoms with Gasteiger partial charge in [0.25, 0.3) is 0 Å². The highest BCUT2D eigenvalue weighted by Crippen LogP contribution is 2.01. The van der Waals surface area contributed by atoms with Crippen molar-refractivity contribution in [1.82, 2.24) is 0 Å². The average molecular weight is 306 g/mol. The molecule has 0 radical (unpaired) electrons. The Morgan fingerprint density at radius 1 is 0.667 bits per heavy atom. The number of hydrogen-bond acceptors (Lipinski definition) is 6. The van der Waals surface area contributed by atoms with Crippen LogP contribution in [-0.2, 0) is 28.6 Å². The number of esters is 1. The monoisotopic (exact) mass is 306 g/mol. The Balaban J connectivity index is 3.21. The Kier molecular flexibility index (Phi) is 12.3. The van der Waals surface area contributed by atoms with E-state index in [1.807, 2.05) is 0 Å². The van der Waals surface area contributed by atoms with Crippen molar-refractivity contribution in [3.05, 3.63) is 0 Å². The molecule has 0 bridgehead atoms. The molecule has 0 rings (SSSR count). The Morgan fingerprint density at radius 2 is 1.19 bits per heavy atom. The van der Waals surface area contributed by atoms with Crippen LogP contribution in [-0.4, -0.2) is 61.2 Å². The molecule has 0 saturated heterocycles. The van der Waals surface area contributed by atoms with E-state index in [9.17, 15) is 14.4 Å². The van der Waals surface area contributed by atoms with Gasteiger partial charge in [-0.05, 0) is 12.8 Å². The molecular weight excluding hydrogens is 284 g/mol. The maximum absolute atomic E-state index is 11.2. The molecule has 0 aliphatic heterocycles. The van der Waals surface area contributed by atoms with Gasteiger partial charge in [0.1, 0.15) is 6.61 Å². The summed E-state index contributed by atoms with van der Waals surface area (Å²) < 4.78 is 15.0. The summed E-state index contributed by atoms with van der Waals surface area (Å²) in [5.41, 5.74) is 0. The van der Waals surface area contributed by atoms with Crippen molar-refractivity contribution in [2.45, 2.75) is 32.1 Å². The SMILES string of the molecule is O=C(O)CCCCC(=O)OCCOCCOCCC(=O)O. The van der Waals surface area contributed by atoms with Gasteiger partial charge in [0.2, 0.25) is 0 Å². The second kappa shape index (κ2) is 13.3. The molecule has 0 aromatic carbocycles. The van der Waals surface area contributed by atoms with Gasteiger partial charge in [0.05, 0.1) is 32.8 Å².